The minimum absolute atomic E-state index is 0. The second-order valence-corrected chi connectivity index (χ2v) is 11.8. The van der Waals surface area contributed by atoms with Crippen LogP contribution < -0.4 is 0 Å². The second kappa shape index (κ2) is 24.8. The first-order valence-corrected chi connectivity index (χ1v) is 21.3. The Morgan fingerprint density at radius 1 is 0.551 bits per heavy atom. The van der Waals surface area contributed by atoms with Crippen molar-refractivity contribution in [1.82, 2.24) is 0 Å². The Balaban J connectivity index is 0.000000789. The Hall–Kier alpha value is -2.22. The molecule has 49 heavy (non-hydrogen) atoms. The van der Waals surface area contributed by atoms with Crippen LogP contribution in [0.15, 0.2) is 97.1 Å². The molecule has 0 aliphatic carbocycles. The van der Waals surface area contributed by atoms with E-state index in [0.29, 0.717) is 0 Å². The van der Waals surface area contributed by atoms with Crippen molar-refractivity contribution in [2.45, 2.75) is 87.5 Å². The predicted molar refractivity (Wildman–Crippen MR) is 224 cm³/mol. The number of hydrogen-bond acceptors (Lipinski definition) is 0. The molecule has 0 aliphatic rings. The molecular weight excluding hydrogens is 731 g/mol. The van der Waals surface area contributed by atoms with Gasteiger partial charge in [-0.05, 0) is 55.4 Å². The van der Waals surface area contributed by atoms with E-state index in [-0.39, 0.29) is 24.8 Å². The Bertz CT molecular complexity index is 1780. The maximum absolute atomic E-state index is 3.25. The number of benzene rings is 4. The zero-order chi connectivity index (χ0) is 34.9. The Kier molecular flexibility index (Phi) is 23.7. The van der Waals surface area contributed by atoms with Crippen LogP contribution in [-0.4, -0.2) is 6.88 Å². The van der Waals surface area contributed by atoms with Gasteiger partial charge in [-0.2, -0.15) is 26.0 Å². The average Bonchev–Trinajstić information content (AvgIpc) is 3.70. The van der Waals surface area contributed by atoms with Gasteiger partial charge in [0.2, 0.25) is 0 Å². The molecule has 6 rings (SSSR count). The Morgan fingerprint density at radius 2 is 0.939 bits per heavy atom. The quantitative estimate of drug-likeness (QED) is 0.112. The van der Waals surface area contributed by atoms with E-state index in [1.807, 2.05) is 0 Å². The van der Waals surface area contributed by atoms with Crippen LogP contribution in [0, 0.1) is 34.6 Å². The fourth-order valence-corrected chi connectivity index (χ4v) is 6.11. The third-order valence-electron chi connectivity index (χ3n) is 8.15. The van der Waals surface area contributed by atoms with E-state index in [1.165, 1.54) is 126 Å². The number of aryl methyl sites for hydroxylation is 6. The number of rotatable bonds is 7. The fourth-order valence-electron chi connectivity index (χ4n) is 6.11. The van der Waals surface area contributed by atoms with Gasteiger partial charge in [0.05, 0.1) is 0 Å². The van der Waals surface area contributed by atoms with E-state index >= 15 is 0 Å². The number of halogens is 2. The molecule has 0 heterocycles. The third-order valence-corrected chi connectivity index (χ3v) is 8.15. The monoisotopic (exact) mass is 784 g/mol. The first-order chi connectivity index (χ1) is 22.9. The summed E-state index contributed by atoms with van der Waals surface area (Å²) in [6.45, 7) is 26.3. The van der Waals surface area contributed by atoms with E-state index in [2.05, 4.69) is 159 Å². The van der Waals surface area contributed by atoms with Gasteiger partial charge in [-0.1, -0.05) is 123 Å². The maximum atomic E-state index is 3.25. The van der Waals surface area contributed by atoms with E-state index in [9.17, 15) is 0 Å². The zero-order valence-corrected chi connectivity index (χ0v) is 36.1. The normalized spacial score (nSPS) is 9.65. The van der Waals surface area contributed by atoms with Crippen molar-refractivity contribution >= 4 is 53.2 Å². The summed E-state index contributed by atoms with van der Waals surface area (Å²) in [6, 6.07) is 36.6. The van der Waals surface area contributed by atoms with Gasteiger partial charge in [0.1, 0.15) is 0 Å². The summed E-state index contributed by atoms with van der Waals surface area (Å²) < 4.78 is 0. The standard InChI is InChI=1S/C21H23.C20H21.2C2H5.2ClH.Si.Zr/c1-4-6-17-7-9-18(10-8-17)20-12-15(3)11-19-13-16(5-2)14-21(19)20;1-4-5-16-6-8-17(9-7-16)19-12-14(2)10-18-11-15(3)13-20(18)19;2*1-2;;;;/h7-14H,4-6H2,1-3H3;6-13H,4-5H2,1-3H3;2*1H2,2H3;2*1H;;/q4*-1;;;;. The topological polar surface area (TPSA) is 0 Å². The molecule has 0 atom stereocenters. The molecule has 4 heteroatoms. The van der Waals surface area contributed by atoms with Gasteiger partial charge in [-0.25, -0.2) is 0 Å². The van der Waals surface area contributed by atoms with Crippen LogP contribution in [0.5, 0.6) is 0 Å². The van der Waals surface area contributed by atoms with Crippen LogP contribution >= 0.6 is 24.8 Å². The number of hydrogen-bond donors (Lipinski definition) is 0. The first-order valence-electron chi connectivity index (χ1n) is 17.1. The fraction of sp³-hybridized carbons (Fsp3) is 0.289. The molecule has 0 aliphatic heterocycles. The second-order valence-electron chi connectivity index (χ2n) is 11.8. The minimum atomic E-state index is 0. The zero-order valence-electron chi connectivity index (χ0n) is 31.0. The van der Waals surface area contributed by atoms with Crippen LogP contribution in [0.1, 0.15) is 80.8 Å². The first kappa shape index (κ1) is 46.8. The molecule has 0 saturated carbocycles. The van der Waals surface area contributed by atoms with Crippen LogP contribution in [-0.2, 0) is 42.6 Å². The molecule has 0 spiro atoms. The molecule has 0 nitrogen and oxygen atoms in total. The molecule has 0 aromatic heterocycles. The van der Waals surface area contributed by atoms with E-state index in [1.54, 1.807) is 13.8 Å². The summed E-state index contributed by atoms with van der Waals surface area (Å²) in [4.78, 5) is 0. The molecule has 0 fully saturated rings. The van der Waals surface area contributed by atoms with Crippen molar-refractivity contribution in [1.29, 1.82) is 0 Å². The van der Waals surface area contributed by atoms with Crippen molar-refractivity contribution < 1.29 is 23.3 Å². The van der Waals surface area contributed by atoms with Crippen molar-refractivity contribution in [2.75, 3.05) is 0 Å². The molecule has 2 radical (unpaired) electrons. The Morgan fingerprint density at radius 3 is 1.33 bits per heavy atom. The SMILES string of the molecule is CCCc1ccc(-c2cc(C)cc3[cH-]c(C)cc23)cc1.CCCc1ccc(-c2cc(C)cc3[cH-]c(CC)cc23)cc1.Cl.Cl.[CH2-]C.[CH2-]C.[Si]=[Zr]. The molecule has 0 amide bonds. The van der Waals surface area contributed by atoms with Crippen molar-refractivity contribution in [3.63, 3.8) is 0 Å². The summed E-state index contributed by atoms with van der Waals surface area (Å²) in [7, 11) is 0. The molecule has 0 bridgehead atoms. The summed E-state index contributed by atoms with van der Waals surface area (Å²) in [6.07, 6.45) is 5.84. The van der Waals surface area contributed by atoms with Crippen molar-refractivity contribution in [3.05, 3.63) is 144 Å². The molecule has 262 valence electrons. The van der Waals surface area contributed by atoms with E-state index in [4.69, 9.17) is 0 Å². The molecule has 6 aromatic rings. The van der Waals surface area contributed by atoms with Crippen LogP contribution in [0.25, 0.3) is 43.8 Å². The van der Waals surface area contributed by atoms with Gasteiger partial charge in [-0.3, -0.25) is 0 Å². The van der Waals surface area contributed by atoms with E-state index < -0.39 is 0 Å². The molecule has 6 aromatic carbocycles. The molecule has 0 unspecified atom stereocenters. The van der Waals surface area contributed by atoms with Crippen molar-refractivity contribution in [3.8, 4) is 22.3 Å². The van der Waals surface area contributed by atoms with E-state index in [0.717, 1.165) is 6.42 Å². The van der Waals surface area contributed by atoms with Gasteiger partial charge < -0.3 is 13.8 Å². The van der Waals surface area contributed by atoms with Gasteiger partial charge in [0, 0.05) is 0 Å². The summed E-state index contributed by atoms with van der Waals surface area (Å²) in [5.41, 5.74) is 13.7. The summed E-state index contributed by atoms with van der Waals surface area (Å²) >= 11 is 1.36. The Labute approximate surface area is 328 Å². The molecule has 0 saturated heterocycles. The van der Waals surface area contributed by atoms with Gasteiger partial charge in [-0.15, -0.1) is 81.8 Å². The average molecular weight is 787 g/mol. The third kappa shape index (κ3) is 13.1. The van der Waals surface area contributed by atoms with Crippen molar-refractivity contribution in [2.24, 2.45) is 0 Å². The number of fused-ring (bicyclic) bond motifs is 2. The van der Waals surface area contributed by atoms with Gasteiger partial charge in [0.25, 0.3) is 0 Å². The summed E-state index contributed by atoms with van der Waals surface area (Å²) in [5.74, 6) is 0. The summed E-state index contributed by atoms with van der Waals surface area (Å²) in [5, 5.41) is 5.49. The molecule has 0 N–H and O–H groups in total. The van der Waals surface area contributed by atoms with Crippen LogP contribution in [0.2, 0.25) is 0 Å². The van der Waals surface area contributed by atoms with Gasteiger partial charge >= 0.3 is 30.2 Å². The molecular formula is C45H56Cl2SiZr-4. The van der Waals surface area contributed by atoms with Crippen LogP contribution in [0.3, 0.4) is 0 Å². The van der Waals surface area contributed by atoms with Gasteiger partial charge in [0.15, 0.2) is 0 Å². The predicted octanol–water partition coefficient (Wildman–Crippen LogP) is 14.0. The van der Waals surface area contributed by atoms with Crippen LogP contribution in [0.4, 0.5) is 0 Å².